The summed E-state index contributed by atoms with van der Waals surface area (Å²) in [6.45, 7) is 13.0. The molecule has 10 heteroatoms. The molecule has 244 valence electrons. The zero-order chi connectivity index (χ0) is 32.8. The standard InChI is InChI=1S/C35H46N2O6S2/c1-6-33(4)19-29(34(5)22(2)14-16-35(23(3)32(33)40)17-15-28(38)31(34)35)43-30(39)21-44-26-9-7-8-24(18-26)20-37-25-10-12-27(13-11-25)45(36,41)42/h6-13,18,22-23,29,31-32,37,40H,1,14-17,19-21H2,2-5H3,(H2,36,41,42)/t22-,23+,29-,31+,32+,33-,34+,35+/m1/s1. The Kier molecular flexibility index (Phi) is 9.37. The monoisotopic (exact) mass is 654 g/mol. The number of rotatable bonds is 9. The van der Waals surface area contributed by atoms with Gasteiger partial charge in [-0.3, -0.25) is 9.59 Å². The van der Waals surface area contributed by atoms with Gasteiger partial charge in [0.05, 0.1) is 16.8 Å². The van der Waals surface area contributed by atoms with Crippen molar-refractivity contribution in [2.75, 3.05) is 11.1 Å². The van der Waals surface area contributed by atoms with Gasteiger partial charge in [-0.15, -0.1) is 18.3 Å². The fourth-order valence-electron chi connectivity index (χ4n) is 8.55. The lowest BCUT2D eigenvalue weighted by molar-refractivity contribution is -0.205. The van der Waals surface area contributed by atoms with E-state index in [1.54, 1.807) is 12.1 Å². The minimum atomic E-state index is -3.75. The number of ether oxygens (including phenoxy) is 1. The van der Waals surface area contributed by atoms with E-state index in [-0.39, 0.29) is 45.6 Å². The molecule has 8 atom stereocenters. The van der Waals surface area contributed by atoms with Crippen molar-refractivity contribution in [1.29, 1.82) is 0 Å². The summed E-state index contributed by atoms with van der Waals surface area (Å²) in [6.07, 6.45) is 4.11. The Morgan fingerprint density at radius 2 is 1.89 bits per heavy atom. The Hall–Kier alpha value is -2.66. The maximum atomic E-state index is 13.6. The number of anilines is 1. The number of primary sulfonamides is 1. The first-order chi connectivity index (χ1) is 21.1. The van der Waals surface area contributed by atoms with Crippen molar-refractivity contribution >= 4 is 39.2 Å². The van der Waals surface area contributed by atoms with Gasteiger partial charge in [-0.1, -0.05) is 45.9 Å². The highest BCUT2D eigenvalue weighted by molar-refractivity contribution is 8.00. The van der Waals surface area contributed by atoms with Crippen LogP contribution >= 0.6 is 11.8 Å². The number of aliphatic hydroxyl groups is 1. The molecule has 5 rings (SSSR count). The second kappa shape index (κ2) is 12.5. The fraction of sp³-hybridized carbons (Fsp3) is 0.543. The molecule has 2 aromatic rings. The predicted molar refractivity (Wildman–Crippen MR) is 177 cm³/mol. The Balaban J connectivity index is 1.29. The summed E-state index contributed by atoms with van der Waals surface area (Å²) in [7, 11) is -3.75. The SMILES string of the molecule is C=C[C@]1(C)C[C@@H](OC(=O)CSc2cccc(CNc3ccc(S(N)(=O)=O)cc3)c2)[C@]2(C)[C@H](C)CC[C@]3(CCC(=O)[C@H]32)[C@@H](C)[C@@H]1O. The van der Waals surface area contributed by atoms with E-state index >= 15 is 0 Å². The zero-order valence-corrected chi connectivity index (χ0v) is 28.3. The minimum absolute atomic E-state index is 0.0543. The van der Waals surface area contributed by atoms with Gasteiger partial charge in [-0.05, 0) is 84.9 Å². The van der Waals surface area contributed by atoms with Gasteiger partial charge in [-0.2, -0.15) is 0 Å². The third-order valence-corrected chi connectivity index (χ3v) is 13.4. The topological polar surface area (TPSA) is 136 Å². The van der Waals surface area contributed by atoms with Crippen LogP contribution in [0.4, 0.5) is 5.69 Å². The predicted octanol–water partition coefficient (Wildman–Crippen LogP) is 5.94. The Bertz CT molecular complexity index is 1560. The van der Waals surface area contributed by atoms with Gasteiger partial charge in [0.1, 0.15) is 11.9 Å². The second-order valence-corrected chi connectivity index (χ2v) is 16.5. The van der Waals surface area contributed by atoms with E-state index in [0.717, 1.165) is 35.4 Å². The first-order valence-electron chi connectivity index (χ1n) is 15.8. The number of hydrogen-bond acceptors (Lipinski definition) is 8. The van der Waals surface area contributed by atoms with Crippen LogP contribution in [0.3, 0.4) is 0 Å². The number of thioether (sulfide) groups is 1. The molecule has 3 fully saturated rings. The van der Waals surface area contributed by atoms with E-state index in [0.29, 0.717) is 19.4 Å². The molecule has 2 aromatic carbocycles. The first kappa shape index (κ1) is 33.7. The van der Waals surface area contributed by atoms with Gasteiger partial charge in [-0.25, -0.2) is 13.6 Å². The molecule has 0 radical (unpaired) electrons. The molecule has 0 saturated heterocycles. The number of esters is 1. The third kappa shape index (κ3) is 6.23. The van der Waals surface area contributed by atoms with Gasteiger partial charge in [0, 0.05) is 40.3 Å². The highest BCUT2D eigenvalue weighted by Crippen LogP contribution is 2.68. The van der Waals surface area contributed by atoms with Crippen LogP contribution in [-0.4, -0.2) is 43.2 Å². The lowest BCUT2D eigenvalue weighted by Gasteiger charge is -2.61. The second-order valence-electron chi connectivity index (χ2n) is 13.9. The van der Waals surface area contributed by atoms with Crippen LogP contribution in [0.5, 0.6) is 0 Å². The Morgan fingerprint density at radius 1 is 1.18 bits per heavy atom. The highest BCUT2D eigenvalue weighted by Gasteiger charge is 2.68. The molecule has 2 bridgehead atoms. The normalized spacial score (nSPS) is 34.7. The van der Waals surface area contributed by atoms with Gasteiger partial charge < -0.3 is 15.2 Å². The van der Waals surface area contributed by atoms with Crippen molar-refractivity contribution in [3.8, 4) is 0 Å². The van der Waals surface area contributed by atoms with Crippen LogP contribution in [-0.2, 0) is 30.9 Å². The molecule has 0 aliphatic heterocycles. The van der Waals surface area contributed by atoms with Crippen molar-refractivity contribution in [3.05, 3.63) is 66.7 Å². The van der Waals surface area contributed by atoms with Gasteiger partial charge >= 0.3 is 5.97 Å². The molecule has 0 amide bonds. The largest absolute Gasteiger partial charge is 0.461 e. The fourth-order valence-corrected chi connectivity index (χ4v) is 9.83. The van der Waals surface area contributed by atoms with Gasteiger partial charge in [0.25, 0.3) is 0 Å². The third-order valence-electron chi connectivity index (χ3n) is 11.5. The van der Waals surface area contributed by atoms with Crippen molar-refractivity contribution in [2.24, 2.45) is 39.1 Å². The zero-order valence-electron chi connectivity index (χ0n) is 26.6. The number of carbonyl (C=O) groups excluding carboxylic acids is 2. The lowest BCUT2D eigenvalue weighted by Crippen LogP contribution is -2.63. The highest BCUT2D eigenvalue weighted by atomic mass is 32.2. The van der Waals surface area contributed by atoms with Crippen molar-refractivity contribution in [3.63, 3.8) is 0 Å². The summed E-state index contributed by atoms with van der Waals surface area (Å²) in [5, 5.41) is 20.2. The number of sulfonamides is 1. The summed E-state index contributed by atoms with van der Waals surface area (Å²) < 4.78 is 29.4. The van der Waals surface area contributed by atoms with Crippen LogP contribution in [0.2, 0.25) is 0 Å². The van der Waals surface area contributed by atoms with Crippen LogP contribution in [0.25, 0.3) is 0 Å². The van der Waals surface area contributed by atoms with E-state index in [1.807, 2.05) is 37.3 Å². The van der Waals surface area contributed by atoms with Crippen LogP contribution in [0.1, 0.15) is 65.4 Å². The minimum Gasteiger partial charge on any atom is -0.461 e. The van der Waals surface area contributed by atoms with Crippen molar-refractivity contribution in [1.82, 2.24) is 0 Å². The summed E-state index contributed by atoms with van der Waals surface area (Å²) in [6, 6.07) is 14.1. The first-order valence-corrected chi connectivity index (χ1v) is 18.3. The number of carbonyl (C=O) groups is 2. The van der Waals surface area contributed by atoms with E-state index < -0.39 is 33.1 Å². The number of nitrogens with one attached hydrogen (secondary N) is 1. The number of ketones is 1. The van der Waals surface area contributed by atoms with Gasteiger partial charge in [0.2, 0.25) is 10.0 Å². The maximum absolute atomic E-state index is 13.6. The summed E-state index contributed by atoms with van der Waals surface area (Å²) in [5.41, 5.74) is 0.237. The van der Waals surface area contributed by atoms with E-state index in [1.165, 1.54) is 23.9 Å². The molecule has 0 heterocycles. The van der Waals surface area contributed by atoms with E-state index in [4.69, 9.17) is 9.88 Å². The molecular weight excluding hydrogens is 609 g/mol. The number of aliphatic hydroxyl groups excluding tert-OH is 1. The molecule has 0 aromatic heterocycles. The summed E-state index contributed by atoms with van der Waals surface area (Å²) >= 11 is 1.40. The van der Waals surface area contributed by atoms with Crippen LogP contribution in [0, 0.1) is 34.0 Å². The summed E-state index contributed by atoms with van der Waals surface area (Å²) in [5.74, 6) is -0.128. The Morgan fingerprint density at radius 3 is 2.56 bits per heavy atom. The molecule has 3 saturated carbocycles. The smallest absolute Gasteiger partial charge is 0.316 e. The molecule has 0 unspecified atom stereocenters. The molecule has 4 N–H and O–H groups in total. The molecule has 0 spiro atoms. The number of nitrogens with two attached hydrogens (primary N) is 1. The lowest BCUT2D eigenvalue weighted by atomic mass is 9.44. The number of hydrogen-bond donors (Lipinski definition) is 3. The van der Waals surface area contributed by atoms with Crippen LogP contribution in [0.15, 0.2) is 71.0 Å². The quantitative estimate of drug-likeness (QED) is 0.172. The Labute approximate surface area is 271 Å². The maximum Gasteiger partial charge on any atom is 0.316 e. The molecule has 3 aliphatic rings. The van der Waals surface area contributed by atoms with Gasteiger partial charge in [0.15, 0.2) is 0 Å². The average molecular weight is 655 g/mol. The van der Waals surface area contributed by atoms with E-state index in [2.05, 4.69) is 32.7 Å². The molecule has 3 aliphatic carbocycles. The molecule has 45 heavy (non-hydrogen) atoms. The average Bonchev–Trinajstić information content (AvgIpc) is 3.37. The summed E-state index contributed by atoms with van der Waals surface area (Å²) in [4.78, 5) is 28.1. The van der Waals surface area contributed by atoms with Crippen LogP contribution < -0.4 is 10.5 Å². The molecular formula is C35H46N2O6S2. The van der Waals surface area contributed by atoms with E-state index in [9.17, 15) is 23.1 Å². The molecule has 8 nitrogen and oxygen atoms in total. The number of benzene rings is 2. The van der Waals surface area contributed by atoms with Crippen molar-refractivity contribution in [2.45, 2.75) is 88.3 Å². The van der Waals surface area contributed by atoms with Crippen molar-refractivity contribution < 1.29 is 27.9 Å². The number of Topliss-reactive ketones (excluding diaryl/α,β-unsaturated/α-hetero) is 1.